The number of amides is 3. The van der Waals surface area contributed by atoms with Crippen molar-refractivity contribution in [1.82, 2.24) is 10.2 Å². The van der Waals surface area contributed by atoms with Crippen molar-refractivity contribution in [3.8, 4) is 0 Å². The molecule has 2 aromatic rings. The smallest absolute Gasteiger partial charge is 0.306 e. The Labute approximate surface area is 281 Å². The number of para-hydroxylation sites is 1. The number of allylic oxidation sites excluding steroid dienone is 1. The maximum Gasteiger partial charge on any atom is 0.306 e. The maximum absolute atomic E-state index is 14.5. The van der Waals surface area contributed by atoms with Gasteiger partial charge in [-0.1, -0.05) is 82.1 Å². The lowest BCUT2D eigenvalue weighted by atomic mass is 9.70. The van der Waals surface area contributed by atoms with Gasteiger partial charge in [0.25, 0.3) is 5.91 Å². The molecule has 46 heavy (non-hydrogen) atoms. The Kier molecular flexibility index (Phi) is 10.7. The van der Waals surface area contributed by atoms with E-state index in [1.807, 2.05) is 30.3 Å². The number of nitrogens with zero attached hydrogens (tertiary/aromatic N) is 2. The van der Waals surface area contributed by atoms with Crippen LogP contribution in [0.25, 0.3) is 0 Å². The van der Waals surface area contributed by atoms with E-state index in [0.29, 0.717) is 29.1 Å². The van der Waals surface area contributed by atoms with E-state index in [1.54, 1.807) is 36.4 Å². The molecule has 244 valence electrons. The minimum Gasteiger partial charge on any atom is -0.463 e. The van der Waals surface area contributed by atoms with E-state index in [-0.39, 0.29) is 30.9 Å². The second-order valence-electron chi connectivity index (χ2n) is 11.6. The van der Waals surface area contributed by atoms with Gasteiger partial charge in [0.15, 0.2) is 0 Å². The monoisotopic (exact) mass is 713 g/mol. The number of carbonyl (C=O) groups excluding carboxylic acids is 4. The van der Waals surface area contributed by atoms with E-state index < -0.39 is 65.9 Å². The molecule has 3 fully saturated rings. The summed E-state index contributed by atoms with van der Waals surface area (Å²) in [4.78, 5) is 57.7. The summed E-state index contributed by atoms with van der Waals surface area (Å²) in [5.74, 6) is -3.73. The summed E-state index contributed by atoms with van der Waals surface area (Å²) in [6, 6.07) is 14.1. The zero-order chi connectivity index (χ0) is 33.0. The molecule has 3 heterocycles. The van der Waals surface area contributed by atoms with Gasteiger partial charge in [-0.2, -0.15) is 0 Å². The number of fused-ring (bicyclic) bond motifs is 1. The Hall–Kier alpha value is -3.51. The van der Waals surface area contributed by atoms with Crippen molar-refractivity contribution in [2.24, 2.45) is 11.8 Å². The van der Waals surface area contributed by atoms with Crippen molar-refractivity contribution in [3.05, 3.63) is 90.5 Å². The summed E-state index contributed by atoms with van der Waals surface area (Å²) in [7, 11) is 0. The third-order valence-corrected chi connectivity index (χ3v) is 10.0. The van der Waals surface area contributed by atoms with Crippen LogP contribution in [-0.2, 0) is 28.7 Å². The molecule has 0 radical (unpaired) electrons. The van der Waals surface area contributed by atoms with E-state index in [2.05, 4.69) is 34.4 Å². The second-order valence-corrected chi connectivity index (χ2v) is 13.2. The van der Waals surface area contributed by atoms with Gasteiger partial charge < -0.3 is 29.7 Å². The highest BCUT2D eigenvalue weighted by Crippen LogP contribution is 2.60. The van der Waals surface area contributed by atoms with Crippen LogP contribution in [0, 0.1) is 11.8 Å². The molecule has 3 saturated heterocycles. The summed E-state index contributed by atoms with van der Waals surface area (Å²) in [6.45, 7) is 6.91. The lowest BCUT2D eigenvalue weighted by molar-refractivity contribution is -0.146. The fourth-order valence-corrected chi connectivity index (χ4v) is 8.13. The number of likely N-dealkylation sites (tertiary alicyclic amines) is 1. The number of hydrogen-bond acceptors (Lipinski definition) is 7. The van der Waals surface area contributed by atoms with Crippen LogP contribution >= 0.6 is 27.5 Å². The first-order valence-electron chi connectivity index (χ1n) is 15.2. The van der Waals surface area contributed by atoms with Gasteiger partial charge in [0.1, 0.15) is 18.2 Å². The first kappa shape index (κ1) is 33.8. The van der Waals surface area contributed by atoms with Gasteiger partial charge in [0.05, 0.1) is 41.3 Å². The molecule has 2 N–H and O–H groups in total. The largest absolute Gasteiger partial charge is 0.463 e. The summed E-state index contributed by atoms with van der Waals surface area (Å²) in [6.07, 6.45) is 3.40. The van der Waals surface area contributed by atoms with Gasteiger partial charge in [0.2, 0.25) is 11.8 Å². The van der Waals surface area contributed by atoms with Crippen LogP contribution in [0.4, 0.5) is 5.69 Å². The number of aliphatic hydroxyl groups is 1. The molecule has 1 unspecified atom stereocenters. The van der Waals surface area contributed by atoms with Crippen molar-refractivity contribution in [2.45, 2.75) is 47.9 Å². The molecular formula is C34H37BrClN3O7. The predicted octanol–water partition coefficient (Wildman–Crippen LogP) is 3.97. The van der Waals surface area contributed by atoms with Crippen LogP contribution in [-0.4, -0.2) is 82.6 Å². The normalized spacial score (nSPS) is 26.7. The van der Waals surface area contributed by atoms with Crippen LogP contribution in [0.2, 0.25) is 5.02 Å². The molecule has 5 rings (SSSR count). The maximum atomic E-state index is 14.5. The number of rotatable bonds is 14. The summed E-state index contributed by atoms with van der Waals surface area (Å²) in [5, 5.41) is 13.3. The summed E-state index contributed by atoms with van der Waals surface area (Å²) < 4.78 is 12.1. The number of anilines is 1. The van der Waals surface area contributed by atoms with Gasteiger partial charge >= 0.3 is 5.97 Å². The first-order chi connectivity index (χ1) is 22.2. The van der Waals surface area contributed by atoms with Crippen LogP contribution in [0.5, 0.6) is 0 Å². The molecule has 12 heteroatoms. The van der Waals surface area contributed by atoms with Crippen LogP contribution in [0.3, 0.4) is 0 Å². The molecule has 10 nitrogen and oxygen atoms in total. The predicted molar refractivity (Wildman–Crippen MR) is 176 cm³/mol. The molecule has 0 aliphatic carbocycles. The van der Waals surface area contributed by atoms with E-state index in [9.17, 15) is 24.3 Å². The lowest BCUT2D eigenvalue weighted by Gasteiger charge is -2.37. The zero-order valence-corrected chi connectivity index (χ0v) is 27.6. The number of hydrogen-bond donors (Lipinski definition) is 2. The molecule has 0 saturated carbocycles. The van der Waals surface area contributed by atoms with E-state index in [4.69, 9.17) is 21.1 Å². The van der Waals surface area contributed by atoms with E-state index in [1.165, 1.54) is 9.80 Å². The number of carbonyl (C=O) groups is 4. The Morgan fingerprint density at radius 1 is 1.17 bits per heavy atom. The lowest BCUT2D eigenvalue weighted by Crippen LogP contribution is -2.57. The SMILES string of the molecule is C=CCCC(=O)OC[C@@H](NC(=O)[C@H]1[C@@H]2O[C@@]3(CC2Br)[C@@H]1C(=O)N(CCO)[C@@H]3C(=O)N(CC=C)c1ccccc1Cl)c1ccccc1. The molecular weight excluding hydrogens is 678 g/mol. The van der Waals surface area contributed by atoms with Crippen molar-refractivity contribution in [3.63, 3.8) is 0 Å². The van der Waals surface area contributed by atoms with Gasteiger partial charge in [-0.25, -0.2) is 0 Å². The van der Waals surface area contributed by atoms with E-state index >= 15 is 0 Å². The molecule has 2 aromatic carbocycles. The topological polar surface area (TPSA) is 125 Å². The molecule has 3 aliphatic rings. The van der Waals surface area contributed by atoms with Crippen molar-refractivity contribution in [2.75, 3.05) is 31.2 Å². The molecule has 3 amide bonds. The Morgan fingerprint density at radius 2 is 1.89 bits per heavy atom. The van der Waals surface area contributed by atoms with Crippen LogP contribution in [0.1, 0.15) is 30.9 Å². The third-order valence-electron chi connectivity index (χ3n) is 8.87. The highest BCUT2D eigenvalue weighted by molar-refractivity contribution is 9.09. The summed E-state index contributed by atoms with van der Waals surface area (Å²) in [5.41, 5.74) is -0.186. The number of β-amino-alcohol motifs (C(OH)–C–C–N with tert-alkyl or cyclic N) is 1. The standard InChI is InChI=1S/C34H37BrClN3O7/c1-3-5-15-26(41)45-20-24(21-11-7-6-8-12-21)37-31(42)27-28-32(43)39(17-18-40)30(34(28)19-22(35)29(27)46-34)33(44)38(16-4-2)25-14-10-9-13-23(25)36/h3-4,6-14,22,24,27-30,40H,1-2,5,15-20H2,(H,37,42)/t22?,24-,27-,28+,29-,30-,34+/m1/s1. The zero-order valence-electron chi connectivity index (χ0n) is 25.2. The van der Waals surface area contributed by atoms with Gasteiger partial charge in [0, 0.05) is 24.3 Å². The minimum atomic E-state index is -1.34. The van der Waals surface area contributed by atoms with Gasteiger partial charge in [-0.15, -0.1) is 13.2 Å². The second kappa shape index (κ2) is 14.5. The average molecular weight is 715 g/mol. The van der Waals surface area contributed by atoms with Crippen LogP contribution in [0.15, 0.2) is 79.9 Å². The van der Waals surface area contributed by atoms with Crippen molar-refractivity contribution in [1.29, 1.82) is 0 Å². The summed E-state index contributed by atoms with van der Waals surface area (Å²) >= 11 is 10.2. The van der Waals surface area contributed by atoms with Crippen LogP contribution < -0.4 is 10.2 Å². The fourth-order valence-electron chi connectivity index (χ4n) is 6.95. The Bertz CT molecular complexity index is 1490. The minimum absolute atomic E-state index is 0.107. The number of aliphatic hydroxyl groups excluding tert-OH is 1. The first-order valence-corrected chi connectivity index (χ1v) is 16.5. The molecule has 7 atom stereocenters. The highest BCUT2D eigenvalue weighted by Gasteiger charge is 2.76. The van der Waals surface area contributed by atoms with Gasteiger partial charge in [-0.3, -0.25) is 19.2 Å². The number of ether oxygens (including phenoxy) is 2. The number of nitrogens with one attached hydrogen (secondary N) is 1. The molecule has 0 aromatic heterocycles. The fraction of sp³-hybridized carbons (Fsp3) is 0.412. The number of benzene rings is 2. The van der Waals surface area contributed by atoms with Crippen molar-refractivity contribution >= 4 is 56.9 Å². The highest BCUT2D eigenvalue weighted by atomic mass is 79.9. The Morgan fingerprint density at radius 3 is 2.57 bits per heavy atom. The third kappa shape index (κ3) is 6.25. The molecule has 1 spiro atoms. The number of alkyl halides is 1. The molecule has 2 bridgehead atoms. The quantitative estimate of drug-likeness (QED) is 0.173. The molecule has 3 aliphatic heterocycles. The van der Waals surface area contributed by atoms with E-state index in [0.717, 1.165) is 0 Å². The Balaban J connectivity index is 1.47. The van der Waals surface area contributed by atoms with Crippen molar-refractivity contribution < 1.29 is 33.8 Å². The average Bonchev–Trinajstić information content (AvgIpc) is 3.64. The number of esters is 1. The van der Waals surface area contributed by atoms with Gasteiger partial charge in [-0.05, 0) is 30.5 Å². The number of halogens is 2.